The number of nitrogens with two attached hydrogens (primary N) is 2. The molecule has 0 aliphatic carbocycles. The van der Waals surface area contributed by atoms with E-state index in [1.807, 2.05) is 0 Å². The maximum atomic E-state index is 11.9. The molecule has 0 unspecified atom stereocenters. The molecule has 23 heavy (non-hydrogen) atoms. The predicted octanol–water partition coefficient (Wildman–Crippen LogP) is -2.67. The zero-order valence-corrected chi connectivity index (χ0v) is 14.5. The van der Waals surface area contributed by atoms with Crippen LogP contribution >= 0.6 is 12.4 Å². The lowest BCUT2D eigenvalue weighted by molar-refractivity contribution is -0.875. The Hall–Kier alpha value is -1.71. The minimum atomic E-state index is -1.91. The van der Waals surface area contributed by atoms with Gasteiger partial charge in [0.15, 0.2) is 5.78 Å². The molecule has 0 aromatic rings. The molecule has 1 amide bonds. The topological polar surface area (TPSA) is 153 Å². The Morgan fingerprint density at radius 2 is 1.70 bits per heavy atom. The van der Waals surface area contributed by atoms with Crippen LogP contribution in [0.4, 0.5) is 0 Å². The van der Waals surface area contributed by atoms with Gasteiger partial charge in [0.1, 0.15) is 12.6 Å². The summed E-state index contributed by atoms with van der Waals surface area (Å²) in [4.78, 5) is 45.6. The van der Waals surface area contributed by atoms with E-state index in [0.29, 0.717) is 0 Å². The number of carbonyl (C=O) groups excluding carboxylic acids is 4. The Morgan fingerprint density at radius 1 is 1.22 bits per heavy atom. The van der Waals surface area contributed by atoms with Gasteiger partial charge in [-0.1, -0.05) is 0 Å². The first-order chi connectivity index (χ1) is 9.79. The summed E-state index contributed by atoms with van der Waals surface area (Å²) in [7, 11) is 5.10. The SMILES string of the molecule is CC(=O)[C@@](CC(=O)[O-])(C[N+](C)(C)C)OC(=O)[C@@H](N)CC(N)=O.Cl. The fraction of sp³-hybridized carbons (Fsp3) is 0.692. The van der Waals surface area contributed by atoms with Crippen LogP contribution in [0.25, 0.3) is 0 Å². The molecule has 0 aromatic heterocycles. The molecular formula is C13H24ClN3O6. The number of amides is 1. The van der Waals surface area contributed by atoms with Gasteiger partial charge >= 0.3 is 5.97 Å². The fourth-order valence-corrected chi connectivity index (χ4v) is 2.00. The summed E-state index contributed by atoms with van der Waals surface area (Å²) in [5, 5.41) is 11.0. The lowest BCUT2D eigenvalue weighted by Gasteiger charge is -2.37. The van der Waals surface area contributed by atoms with Crippen molar-refractivity contribution in [3.05, 3.63) is 0 Å². The number of esters is 1. The maximum Gasteiger partial charge on any atom is 0.324 e. The summed E-state index contributed by atoms with van der Waals surface area (Å²) in [6, 6.07) is -1.37. The maximum absolute atomic E-state index is 11.9. The number of ether oxygens (including phenoxy) is 1. The van der Waals surface area contributed by atoms with Crippen molar-refractivity contribution in [3.63, 3.8) is 0 Å². The van der Waals surface area contributed by atoms with E-state index in [1.165, 1.54) is 0 Å². The summed E-state index contributed by atoms with van der Waals surface area (Å²) < 4.78 is 5.25. The van der Waals surface area contributed by atoms with Crippen molar-refractivity contribution < 1.29 is 33.5 Å². The van der Waals surface area contributed by atoms with Crippen LogP contribution < -0.4 is 16.6 Å². The number of nitrogens with zero attached hydrogens (tertiary/aromatic N) is 1. The van der Waals surface area contributed by atoms with Gasteiger partial charge in [-0.15, -0.1) is 12.4 Å². The lowest BCUT2D eigenvalue weighted by Crippen LogP contribution is -2.59. The first-order valence-corrected chi connectivity index (χ1v) is 6.57. The minimum Gasteiger partial charge on any atom is -0.550 e. The third kappa shape index (κ3) is 8.48. The largest absolute Gasteiger partial charge is 0.550 e. The predicted molar refractivity (Wildman–Crippen MR) is 81.1 cm³/mol. The molecule has 0 spiro atoms. The quantitative estimate of drug-likeness (QED) is 0.338. The molecule has 0 rings (SSSR count). The van der Waals surface area contributed by atoms with E-state index in [4.69, 9.17) is 16.2 Å². The van der Waals surface area contributed by atoms with Gasteiger partial charge in [0.2, 0.25) is 11.5 Å². The molecule has 0 saturated carbocycles. The number of rotatable bonds is 9. The van der Waals surface area contributed by atoms with Crippen molar-refractivity contribution in [3.8, 4) is 0 Å². The summed E-state index contributed by atoms with van der Waals surface area (Å²) >= 11 is 0. The first kappa shape index (κ1) is 23.6. The van der Waals surface area contributed by atoms with E-state index in [-0.39, 0.29) is 23.4 Å². The molecule has 134 valence electrons. The lowest BCUT2D eigenvalue weighted by atomic mass is 9.93. The number of halogens is 1. The Bertz CT molecular complexity index is 477. The van der Waals surface area contributed by atoms with Crippen LogP contribution in [-0.4, -0.2) is 67.4 Å². The molecule has 0 bridgehead atoms. The number of quaternary nitrogens is 1. The van der Waals surface area contributed by atoms with Gasteiger partial charge in [-0.05, 0) is 6.92 Å². The van der Waals surface area contributed by atoms with Gasteiger partial charge in [-0.3, -0.25) is 14.4 Å². The summed E-state index contributed by atoms with van der Waals surface area (Å²) in [6.45, 7) is 1.02. The van der Waals surface area contributed by atoms with Crippen molar-refractivity contribution in [1.82, 2.24) is 0 Å². The van der Waals surface area contributed by atoms with Crippen LogP contribution in [0.15, 0.2) is 0 Å². The van der Waals surface area contributed by atoms with Gasteiger partial charge < -0.3 is 30.6 Å². The van der Waals surface area contributed by atoms with Crippen molar-refractivity contribution >= 4 is 36.0 Å². The van der Waals surface area contributed by atoms with Gasteiger partial charge in [-0.2, -0.15) is 0 Å². The number of primary amides is 1. The fourth-order valence-electron chi connectivity index (χ4n) is 2.00. The van der Waals surface area contributed by atoms with E-state index < -0.39 is 48.1 Å². The molecule has 4 N–H and O–H groups in total. The molecule has 0 fully saturated rings. The second kappa shape index (κ2) is 8.80. The van der Waals surface area contributed by atoms with Gasteiger partial charge in [0.25, 0.3) is 0 Å². The number of carboxylic acid groups (broad SMARTS) is 1. The minimum absolute atomic E-state index is 0. The average Bonchev–Trinajstić information content (AvgIpc) is 2.23. The number of likely N-dealkylation sites (N-methyl/N-ethyl adjacent to an activating group) is 1. The van der Waals surface area contributed by atoms with Crippen molar-refractivity contribution in [1.29, 1.82) is 0 Å². The van der Waals surface area contributed by atoms with Crippen molar-refractivity contribution in [2.75, 3.05) is 27.7 Å². The molecule has 9 nitrogen and oxygen atoms in total. The Labute approximate surface area is 140 Å². The van der Waals surface area contributed by atoms with Crippen molar-refractivity contribution in [2.24, 2.45) is 11.5 Å². The highest BCUT2D eigenvalue weighted by molar-refractivity contribution is 5.93. The number of aliphatic carboxylic acids is 1. The number of hydrogen-bond acceptors (Lipinski definition) is 7. The molecule has 0 heterocycles. The Kier molecular flexibility index (Phi) is 9.01. The number of hydrogen-bond donors (Lipinski definition) is 2. The van der Waals surface area contributed by atoms with Crippen LogP contribution in [0, 0.1) is 0 Å². The highest BCUT2D eigenvalue weighted by Crippen LogP contribution is 2.22. The highest BCUT2D eigenvalue weighted by atomic mass is 35.5. The smallest absolute Gasteiger partial charge is 0.324 e. The van der Waals surface area contributed by atoms with Crippen LogP contribution in [-0.2, 0) is 23.9 Å². The number of carboxylic acids is 1. The summed E-state index contributed by atoms with van der Waals surface area (Å²) in [5.74, 6) is -4.07. The van der Waals surface area contributed by atoms with Crippen LogP contribution in [0.3, 0.4) is 0 Å². The molecular weight excluding hydrogens is 330 g/mol. The molecule has 0 saturated heterocycles. The van der Waals surface area contributed by atoms with Gasteiger partial charge in [0.05, 0.1) is 27.6 Å². The second-order valence-electron chi connectivity index (χ2n) is 6.25. The third-order valence-electron chi connectivity index (χ3n) is 2.82. The molecule has 10 heteroatoms. The molecule has 0 radical (unpaired) electrons. The number of Topliss-reactive ketones (excluding diaryl/α,β-unsaturated/α-hetero) is 1. The first-order valence-electron chi connectivity index (χ1n) is 6.57. The van der Waals surface area contributed by atoms with E-state index in [0.717, 1.165) is 6.92 Å². The zero-order valence-electron chi connectivity index (χ0n) is 13.7. The van der Waals surface area contributed by atoms with E-state index in [1.54, 1.807) is 21.1 Å². The van der Waals surface area contributed by atoms with Crippen LogP contribution in [0.2, 0.25) is 0 Å². The zero-order chi connectivity index (χ0) is 17.7. The highest BCUT2D eigenvalue weighted by Gasteiger charge is 2.45. The molecule has 0 aliphatic rings. The number of ketones is 1. The van der Waals surface area contributed by atoms with E-state index in [9.17, 15) is 24.3 Å². The van der Waals surface area contributed by atoms with E-state index in [2.05, 4.69) is 0 Å². The molecule has 0 aliphatic heterocycles. The Balaban J connectivity index is 0. The normalized spacial score (nSPS) is 14.8. The second-order valence-corrected chi connectivity index (χ2v) is 6.25. The van der Waals surface area contributed by atoms with E-state index >= 15 is 0 Å². The monoisotopic (exact) mass is 353 g/mol. The molecule has 0 aromatic carbocycles. The van der Waals surface area contributed by atoms with Crippen LogP contribution in [0.1, 0.15) is 19.8 Å². The standard InChI is InChI=1S/C13H23N3O6.ClH/c1-8(17)13(6-11(19)20,7-16(2,3)4)22-12(21)9(14)5-10(15)18;/h9H,5-7,14H2,1-4H3,(H2-,15,18,19,20);1H/t9-,13+;/m0./s1. The molecule has 2 atom stereocenters. The van der Waals surface area contributed by atoms with Crippen LogP contribution in [0.5, 0.6) is 0 Å². The van der Waals surface area contributed by atoms with Gasteiger partial charge in [-0.25, -0.2) is 0 Å². The van der Waals surface area contributed by atoms with Crippen molar-refractivity contribution in [2.45, 2.75) is 31.4 Å². The summed E-state index contributed by atoms with van der Waals surface area (Å²) in [5.41, 5.74) is 8.49. The Morgan fingerprint density at radius 3 is 2.00 bits per heavy atom. The average molecular weight is 354 g/mol. The summed E-state index contributed by atoms with van der Waals surface area (Å²) in [6.07, 6.45) is -1.27. The number of carbonyl (C=O) groups is 4. The van der Waals surface area contributed by atoms with Gasteiger partial charge in [0, 0.05) is 12.4 Å². The third-order valence-corrected chi connectivity index (χ3v) is 2.82.